The molecule has 0 saturated heterocycles. The molecule has 0 unspecified atom stereocenters. The van der Waals surface area contributed by atoms with Gasteiger partial charge in [0, 0.05) is 88.7 Å². The van der Waals surface area contributed by atoms with Gasteiger partial charge in [0.1, 0.15) is 0 Å². The summed E-state index contributed by atoms with van der Waals surface area (Å²) in [5.41, 5.74) is 40.5. The summed E-state index contributed by atoms with van der Waals surface area (Å²) in [5, 5.41) is 7.24. The summed E-state index contributed by atoms with van der Waals surface area (Å²) in [7, 11) is 0. The molecule has 2 aliphatic rings. The van der Waals surface area contributed by atoms with Crippen molar-refractivity contribution < 1.29 is 0 Å². The maximum absolute atomic E-state index is 2.73. The topological polar surface area (TPSA) is 21.3 Å². The molecule has 0 saturated carbocycles. The molecule has 24 rings (SSSR count). The van der Waals surface area contributed by atoms with Crippen LogP contribution in [-0.4, -0.2) is 20.4 Å². The Kier molecular flexibility index (Phi) is 17.8. The number of nitrogens with zero attached hydrogens (tertiary/aromatic N) is 5. The molecular formula is C122H90BN5. The number of para-hydroxylation sites is 4. The summed E-state index contributed by atoms with van der Waals surface area (Å²) in [4.78, 5) is 5.47. The highest BCUT2D eigenvalue weighted by molar-refractivity contribution is 7.00. The second-order valence-electron chi connectivity index (χ2n) is 36.7. The van der Waals surface area contributed by atoms with Gasteiger partial charge in [-0.1, -0.05) is 345 Å². The Bertz CT molecular complexity index is 7570. The maximum atomic E-state index is 2.73. The minimum Gasteiger partial charge on any atom is -0.310 e. The summed E-state index contributed by atoms with van der Waals surface area (Å²) in [5.74, 6) is 0. The van der Waals surface area contributed by atoms with Crippen LogP contribution in [0.3, 0.4) is 0 Å². The summed E-state index contributed by atoms with van der Waals surface area (Å²) >= 11 is 0. The van der Waals surface area contributed by atoms with Crippen molar-refractivity contribution in [3.05, 3.63) is 448 Å². The van der Waals surface area contributed by atoms with Crippen molar-refractivity contribution in [2.45, 2.75) is 52.4 Å². The number of anilines is 6. The molecule has 3 aromatic heterocycles. The molecule has 0 N–H and O–H groups in total. The molecule has 0 amide bonds. The third kappa shape index (κ3) is 12.5. The lowest BCUT2D eigenvalue weighted by molar-refractivity contribution is 0.591. The lowest BCUT2D eigenvalue weighted by Gasteiger charge is -2.46. The van der Waals surface area contributed by atoms with Crippen LogP contribution in [-0.2, 0) is 10.8 Å². The number of hydrogen-bond donors (Lipinski definition) is 0. The predicted octanol–water partition coefficient (Wildman–Crippen LogP) is 31.0. The van der Waals surface area contributed by atoms with Crippen molar-refractivity contribution >= 4 is 123 Å². The average Bonchev–Trinajstić information content (AvgIpc) is 0.729. The average molecular weight is 1640 g/mol. The van der Waals surface area contributed by atoms with Gasteiger partial charge < -0.3 is 23.5 Å². The van der Waals surface area contributed by atoms with E-state index in [0.29, 0.717) is 0 Å². The Morgan fingerprint density at radius 3 is 0.805 bits per heavy atom. The van der Waals surface area contributed by atoms with Gasteiger partial charge in [-0.25, -0.2) is 0 Å². The Labute approximate surface area is 747 Å². The first-order valence-corrected chi connectivity index (χ1v) is 44.8. The summed E-state index contributed by atoms with van der Waals surface area (Å²) < 4.78 is 7.47. The van der Waals surface area contributed by atoms with Crippen LogP contribution in [0.2, 0.25) is 0 Å². The number of benzene rings is 19. The van der Waals surface area contributed by atoms with E-state index in [-0.39, 0.29) is 17.5 Å². The highest BCUT2D eigenvalue weighted by Crippen LogP contribution is 2.57. The van der Waals surface area contributed by atoms with Crippen molar-refractivity contribution in [1.82, 2.24) is 13.7 Å². The van der Waals surface area contributed by atoms with E-state index < -0.39 is 0 Å². The van der Waals surface area contributed by atoms with E-state index in [2.05, 4.69) is 502 Å². The fraction of sp³-hybridized carbons (Fsp3) is 0.0656. The van der Waals surface area contributed by atoms with E-state index in [1.54, 1.807) is 0 Å². The molecule has 128 heavy (non-hydrogen) atoms. The quantitative estimate of drug-likeness (QED) is 0.107. The van der Waals surface area contributed by atoms with Crippen LogP contribution in [0, 0.1) is 0 Å². The van der Waals surface area contributed by atoms with Crippen LogP contribution in [0.15, 0.2) is 437 Å². The molecule has 0 spiro atoms. The fourth-order valence-corrected chi connectivity index (χ4v) is 20.9. The summed E-state index contributed by atoms with van der Waals surface area (Å²) in [6, 6.07) is 165. The Morgan fingerprint density at radius 2 is 0.461 bits per heavy atom. The minimum absolute atomic E-state index is 0.0861. The van der Waals surface area contributed by atoms with Gasteiger partial charge in [-0.2, -0.15) is 0 Å². The monoisotopic (exact) mass is 1640 g/mol. The van der Waals surface area contributed by atoms with Gasteiger partial charge in [0.2, 0.25) is 0 Å². The zero-order valence-corrected chi connectivity index (χ0v) is 72.4. The molecule has 22 aromatic rings. The van der Waals surface area contributed by atoms with Gasteiger partial charge in [0.05, 0.1) is 50.2 Å². The van der Waals surface area contributed by atoms with Gasteiger partial charge in [-0.05, 0) is 239 Å². The standard InChI is InChI=1S/C122H90BN5/c1-121(2,3)91-59-65-112-104(75-91)102-67-85(57-63-110(102)124(112)93-47-27-13-28-48-93)87-55-61-106-114(73-87)127(119-98(81-39-19-9-20-40-81)69-89(79-35-15-7-16-36-79)70-99(119)82-41-21-10-22-42-82)116-77-95(126-108-53-33-31-51-96(108)97-52-32-34-54-109(97)126)78-117-118(116)123(106)107-62-56-88(86-58-64-111-103(68-86)105-76-92(122(4,5)6)60-66-113(105)125(111)94-49-29-14-30-50-94)74-115(107)128(117)120-100(83-43-23-11-24-44-83)71-90(80-37-17-8-18-38-80)72-101(120)84-45-25-12-26-46-84/h7-78H,1-6H3. The lowest BCUT2D eigenvalue weighted by atomic mass is 9.33. The van der Waals surface area contributed by atoms with E-state index in [1.165, 1.54) is 70.9 Å². The van der Waals surface area contributed by atoms with E-state index >= 15 is 0 Å². The van der Waals surface area contributed by atoms with E-state index in [4.69, 9.17) is 0 Å². The van der Waals surface area contributed by atoms with Gasteiger partial charge in [-0.3, -0.25) is 0 Å². The highest BCUT2D eigenvalue weighted by atomic mass is 15.2. The second-order valence-corrected chi connectivity index (χ2v) is 36.7. The Balaban J connectivity index is 0.867. The Hall–Kier alpha value is -15.8. The molecule has 0 atom stereocenters. The van der Waals surface area contributed by atoms with Crippen LogP contribution in [0.5, 0.6) is 0 Å². The second kappa shape index (κ2) is 30.0. The first-order chi connectivity index (χ1) is 62.8. The molecule has 5 heterocycles. The van der Waals surface area contributed by atoms with Crippen molar-refractivity contribution in [3.8, 4) is 106 Å². The molecule has 0 aliphatic carbocycles. The molecule has 6 heteroatoms. The van der Waals surface area contributed by atoms with Gasteiger partial charge in [0.25, 0.3) is 6.71 Å². The summed E-state index contributed by atoms with van der Waals surface area (Å²) in [6.45, 7) is 13.6. The third-order valence-corrected chi connectivity index (χ3v) is 27.1. The first kappa shape index (κ1) is 75.9. The van der Waals surface area contributed by atoms with Crippen LogP contribution in [0.1, 0.15) is 52.7 Å². The summed E-state index contributed by atoms with van der Waals surface area (Å²) in [6.07, 6.45) is 0. The van der Waals surface area contributed by atoms with E-state index in [1.807, 2.05) is 0 Å². The minimum atomic E-state index is -0.343. The SMILES string of the molecule is CC(C)(C)c1ccc2c(c1)c1cc(-c3ccc4c(c3)N(c3c(-c5ccccc5)cc(-c5ccccc5)cc3-c3ccccc3)c3cc(-n5c6ccccc6c6ccccc65)cc5c3B4c3ccc(-c4ccc6c(c4)c4cc(C(C)(C)C)ccc4n6-c4ccccc4)cc3N5c3c(-c4ccccc4)cc(-c4ccccc4)cc3-c3ccccc3)ccc1n2-c1ccccc1. The molecule has 606 valence electrons. The Morgan fingerprint density at radius 1 is 0.188 bits per heavy atom. The van der Waals surface area contributed by atoms with Gasteiger partial charge in [0.15, 0.2) is 0 Å². The van der Waals surface area contributed by atoms with E-state index in [0.717, 1.165) is 162 Å². The smallest absolute Gasteiger partial charge is 0.252 e. The van der Waals surface area contributed by atoms with Crippen LogP contribution < -0.4 is 26.2 Å². The molecule has 0 bridgehead atoms. The zero-order chi connectivity index (χ0) is 85.6. The first-order valence-electron chi connectivity index (χ1n) is 44.8. The van der Waals surface area contributed by atoms with Crippen LogP contribution in [0.25, 0.3) is 171 Å². The van der Waals surface area contributed by atoms with Crippen molar-refractivity contribution in [3.63, 3.8) is 0 Å². The van der Waals surface area contributed by atoms with Crippen LogP contribution in [0.4, 0.5) is 34.1 Å². The number of hydrogen-bond acceptors (Lipinski definition) is 2. The molecule has 19 aromatic carbocycles. The normalized spacial score (nSPS) is 12.6. The van der Waals surface area contributed by atoms with Crippen molar-refractivity contribution in [2.75, 3.05) is 9.80 Å². The van der Waals surface area contributed by atoms with Crippen molar-refractivity contribution in [2.24, 2.45) is 0 Å². The third-order valence-electron chi connectivity index (χ3n) is 27.1. The highest BCUT2D eigenvalue weighted by Gasteiger charge is 2.46. The van der Waals surface area contributed by atoms with Crippen LogP contribution >= 0.6 is 0 Å². The van der Waals surface area contributed by atoms with Crippen molar-refractivity contribution in [1.29, 1.82) is 0 Å². The number of fused-ring (bicyclic) bond motifs is 13. The fourth-order valence-electron chi connectivity index (χ4n) is 20.9. The number of aromatic nitrogens is 3. The molecule has 0 fully saturated rings. The van der Waals surface area contributed by atoms with Gasteiger partial charge in [-0.15, -0.1) is 0 Å². The lowest BCUT2D eigenvalue weighted by Crippen LogP contribution is -2.61. The number of rotatable bonds is 13. The predicted molar refractivity (Wildman–Crippen MR) is 544 cm³/mol. The van der Waals surface area contributed by atoms with E-state index in [9.17, 15) is 0 Å². The largest absolute Gasteiger partial charge is 0.310 e. The molecule has 0 radical (unpaired) electrons. The molecule has 5 nitrogen and oxygen atoms in total. The van der Waals surface area contributed by atoms with Gasteiger partial charge >= 0.3 is 0 Å². The molecular weight excluding hydrogens is 1550 g/mol. The molecule has 2 aliphatic heterocycles. The zero-order valence-electron chi connectivity index (χ0n) is 72.4. The maximum Gasteiger partial charge on any atom is 0.252 e.